The van der Waals surface area contributed by atoms with Gasteiger partial charge in [0.25, 0.3) is 5.88 Å². The largest absolute Gasteiger partial charge is 1.00 e. The number of esters is 2. The van der Waals surface area contributed by atoms with E-state index < -0.39 is 0 Å². The number of ether oxygens (including phenoxy) is 3. The Morgan fingerprint density at radius 3 is 2.67 bits per heavy atom. The first-order valence-electron chi connectivity index (χ1n) is 12.4. The minimum atomic E-state index is -0.355. The molecule has 8 nitrogen and oxygen atoms in total. The van der Waals surface area contributed by atoms with Crippen LogP contribution >= 0.6 is 11.7 Å². The monoisotopic (exact) mass is 629 g/mol. The van der Waals surface area contributed by atoms with Crippen LogP contribution in [-0.4, -0.2) is 58.6 Å². The number of aromatic nitrogens is 2. The lowest BCUT2D eigenvalue weighted by molar-refractivity contribution is -0.919. The van der Waals surface area contributed by atoms with Gasteiger partial charge in [0.05, 0.1) is 38.3 Å². The molecule has 0 saturated carbocycles. The summed E-state index contributed by atoms with van der Waals surface area (Å²) >= 11 is 1.16. The first kappa shape index (κ1) is 30.2. The molecule has 0 N–H and O–H groups in total. The quantitative estimate of drug-likeness (QED) is 0.110. The molecule has 1 atom stereocenters. The molecule has 0 aliphatic carbocycles. The number of likely N-dealkylation sites (N-methyl/N-ethyl adjacent to an activating group) is 1. The molecular formula is C26H36IN3O5S. The molecule has 198 valence electrons. The Morgan fingerprint density at radius 1 is 1.08 bits per heavy atom. The number of quaternary nitrogens is 1. The van der Waals surface area contributed by atoms with Crippen LogP contribution in [0.2, 0.25) is 0 Å². The molecule has 1 unspecified atom stereocenters. The van der Waals surface area contributed by atoms with Crippen molar-refractivity contribution in [3.63, 3.8) is 0 Å². The van der Waals surface area contributed by atoms with Crippen LogP contribution in [0.5, 0.6) is 11.6 Å². The van der Waals surface area contributed by atoms with Gasteiger partial charge in [-0.1, -0.05) is 57.4 Å². The predicted molar refractivity (Wildman–Crippen MR) is 135 cm³/mol. The number of carbonyl (C=O) groups excluding carboxylic acids is 2. The molecule has 0 bridgehead atoms. The van der Waals surface area contributed by atoms with E-state index in [0.29, 0.717) is 34.8 Å². The summed E-state index contributed by atoms with van der Waals surface area (Å²) in [5.41, 5.74) is 2.51. The van der Waals surface area contributed by atoms with Gasteiger partial charge in [-0.25, -0.2) is 0 Å². The molecule has 0 radical (unpaired) electrons. The highest BCUT2D eigenvalue weighted by atomic mass is 127. The van der Waals surface area contributed by atoms with Crippen molar-refractivity contribution in [1.29, 1.82) is 0 Å². The third-order valence-electron chi connectivity index (χ3n) is 5.97. The van der Waals surface area contributed by atoms with Crippen molar-refractivity contribution in [2.75, 3.05) is 33.5 Å². The highest BCUT2D eigenvalue weighted by molar-refractivity contribution is 6.99. The van der Waals surface area contributed by atoms with Crippen molar-refractivity contribution in [3.8, 4) is 11.6 Å². The number of unbranched alkanes of at least 4 members (excludes halogenated alkanes) is 3. The normalized spacial score (nSPS) is 17.0. The summed E-state index contributed by atoms with van der Waals surface area (Å²) in [6, 6.07) is 7.05. The van der Waals surface area contributed by atoms with Crippen LogP contribution in [0.15, 0.2) is 30.3 Å². The van der Waals surface area contributed by atoms with E-state index in [1.807, 2.05) is 6.07 Å². The second-order valence-electron chi connectivity index (χ2n) is 9.10. The predicted octanol–water partition coefficient (Wildman–Crippen LogP) is 1.79. The van der Waals surface area contributed by atoms with Gasteiger partial charge in [-0.15, -0.1) is 4.37 Å². The van der Waals surface area contributed by atoms with Crippen LogP contribution in [-0.2, 0) is 20.7 Å². The van der Waals surface area contributed by atoms with Gasteiger partial charge >= 0.3 is 11.9 Å². The molecule has 3 rings (SSSR count). The Labute approximate surface area is 235 Å². The molecule has 1 aromatic heterocycles. The molecule has 0 saturated heterocycles. The fraction of sp³-hybridized carbons (Fsp3) is 0.538. The molecule has 0 spiro atoms. The maximum absolute atomic E-state index is 12.6. The maximum Gasteiger partial charge on any atom is 0.314 e. The lowest BCUT2D eigenvalue weighted by Gasteiger charge is -2.36. The van der Waals surface area contributed by atoms with E-state index in [4.69, 9.17) is 14.2 Å². The summed E-state index contributed by atoms with van der Waals surface area (Å²) in [6.45, 7) is 6.34. The SMILES string of the molecule is CCCCCCOc1nsnc1C1=CCC[N+](C)(COC(=O)Cc2ccccc2OC(=O)CC)C1.[I-]. The fourth-order valence-electron chi connectivity index (χ4n) is 3.93. The summed E-state index contributed by atoms with van der Waals surface area (Å²) in [4.78, 5) is 24.3. The first-order valence-corrected chi connectivity index (χ1v) is 13.1. The van der Waals surface area contributed by atoms with Gasteiger partial charge in [0.2, 0.25) is 6.73 Å². The van der Waals surface area contributed by atoms with Crippen LogP contribution in [0.1, 0.15) is 63.6 Å². The fourth-order valence-corrected chi connectivity index (χ4v) is 4.47. The number of para-hydroxylation sites is 1. The molecule has 1 aliphatic rings. The third kappa shape index (κ3) is 9.11. The third-order valence-corrected chi connectivity index (χ3v) is 6.48. The van der Waals surface area contributed by atoms with Gasteiger partial charge in [0, 0.05) is 24.0 Å². The van der Waals surface area contributed by atoms with Crippen LogP contribution in [0, 0.1) is 0 Å². The molecule has 2 aromatic rings. The Bertz CT molecular complexity index is 1030. The zero-order valence-corrected chi connectivity index (χ0v) is 24.3. The maximum atomic E-state index is 12.6. The molecule has 0 amide bonds. The summed E-state index contributed by atoms with van der Waals surface area (Å²) in [5.74, 6) is 0.309. The second-order valence-corrected chi connectivity index (χ2v) is 9.63. The highest BCUT2D eigenvalue weighted by Gasteiger charge is 2.31. The van der Waals surface area contributed by atoms with Crippen molar-refractivity contribution in [2.45, 2.75) is 58.8 Å². The molecule has 2 heterocycles. The minimum absolute atomic E-state index is 0. The van der Waals surface area contributed by atoms with Crippen molar-refractivity contribution < 1.29 is 52.3 Å². The Balaban J connectivity index is 0.00000456. The topological polar surface area (TPSA) is 87.6 Å². The number of carbonyl (C=O) groups is 2. The lowest BCUT2D eigenvalue weighted by atomic mass is 10.1. The summed E-state index contributed by atoms with van der Waals surface area (Å²) in [7, 11) is 2.07. The van der Waals surface area contributed by atoms with Gasteiger partial charge < -0.3 is 38.2 Å². The number of hydrogen-bond donors (Lipinski definition) is 0. The van der Waals surface area contributed by atoms with Crippen molar-refractivity contribution in [2.24, 2.45) is 0 Å². The Hall–Kier alpha value is -2.05. The standard InChI is InChI=1S/C26H36N3O5S.HI/c1-4-6-7-10-16-32-26-25(27-35-28-26)21-13-11-15-29(3,18-21)19-33-24(31)17-20-12-8-9-14-22(20)34-23(30)5-2;/h8-9,12-14H,4-7,10-11,15-19H2,1-3H3;1H/q+1;/p-1. The zero-order chi connectivity index (χ0) is 25.1. The van der Waals surface area contributed by atoms with Gasteiger partial charge in [-0.2, -0.15) is 4.37 Å². The summed E-state index contributed by atoms with van der Waals surface area (Å²) in [5, 5.41) is 0. The van der Waals surface area contributed by atoms with Crippen molar-refractivity contribution >= 4 is 29.2 Å². The zero-order valence-electron chi connectivity index (χ0n) is 21.3. The Morgan fingerprint density at radius 2 is 1.89 bits per heavy atom. The van der Waals surface area contributed by atoms with Gasteiger partial charge in [-0.3, -0.25) is 14.1 Å². The lowest BCUT2D eigenvalue weighted by Crippen LogP contribution is -3.00. The van der Waals surface area contributed by atoms with Crippen molar-refractivity contribution in [1.82, 2.24) is 8.75 Å². The van der Waals surface area contributed by atoms with Gasteiger partial charge in [0.15, 0.2) is 0 Å². The second kappa shape index (κ2) is 15.3. The minimum Gasteiger partial charge on any atom is -1.00 e. The van der Waals surface area contributed by atoms with E-state index in [1.54, 1.807) is 25.1 Å². The molecule has 1 aliphatic heterocycles. The molecule has 10 heteroatoms. The van der Waals surface area contributed by atoms with Crippen LogP contribution in [0.25, 0.3) is 5.57 Å². The van der Waals surface area contributed by atoms with E-state index >= 15 is 0 Å². The molecule has 36 heavy (non-hydrogen) atoms. The molecule has 0 fully saturated rings. The number of rotatable bonds is 13. The van der Waals surface area contributed by atoms with Crippen LogP contribution in [0.3, 0.4) is 0 Å². The van der Waals surface area contributed by atoms with E-state index in [2.05, 4.69) is 28.8 Å². The smallest absolute Gasteiger partial charge is 0.314 e. The number of halogens is 1. The van der Waals surface area contributed by atoms with E-state index in [1.165, 1.54) is 12.8 Å². The number of nitrogens with zero attached hydrogens (tertiary/aromatic N) is 3. The first-order chi connectivity index (χ1) is 16.9. The summed E-state index contributed by atoms with van der Waals surface area (Å²) < 4.78 is 26.3. The van der Waals surface area contributed by atoms with Crippen molar-refractivity contribution in [3.05, 3.63) is 41.6 Å². The molecule has 1 aromatic carbocycles. The van der Waals surface area contributed by atoms with Crippen LogP contribution in [0.4, 0.5) is 0 Å². The number of hydrogen-bond acceptors (Lipinski definition) is 8. The highest BCUT2D eigenvalue weighted by Crippen LogP contribution is 2.30. The van der Waals surface area contributed by atoms with Gasteiger partial charge in [-0.05, 0) is 12.5 Å². The Kier molecular flexibility index (Phi) is 12.8. The van der Waals surface area contributed by atoms with E-state index in [-0.39, 0.29) is 55.5 Å². The van der Waals surface area contributed by atoms with Crippen LogP contribution < -0.4 is 33.5 Å². The van der Waals surface area contributed by atoms with Gasteiger partial charge in [0.1, 0.15) is 18.0 Å². The summed E-state index contributed by atoms with van der Waals surface area (Å²) in [6.07, 6.45) is 7.91. The molecular weight excluding hydrogens is 593 g/mol. The number of benzene rings is 1. The van der Waals surface area contributed by atoms with E-state index in [9.17, 15) is 9.59 Å². The average molecular weight is 630 g/mol. The average Bonchev–Trinajstić information content (AvgIpc) is 3.32. The van der Waals surface area contributed by atoms with E-state index in [0.717, 1.165) is 48.8 Å².